The van der Waals surface area contributed by atoms with Gasteiger partial charge in [-0.15, -0.1) is 0 Å². The molecule has 3 heterocycles. The monoisotopic (exact) mass is 315 g/mol. The number of carbonyl (C=O) groups excluding carboxylic acids is 1. The maximum Gasteiger partial charge on any atom is 0.338 e. The van der Waals surface area contributed by atoms with Gasteiger partial charge >= 0.3 is 5.97 Å². The van der Waals surface area contributed by atoms with Gasteiger partial charge in [0.1, 0.15) is 12.3 Å². The van der Waals surface area contributed by atoms with Gasteiger partial charge in [-0.1, -0.05) is 18.2 Å². The maximum atomic E-state index is 12.5. The van der Waals surface area contributed by atoms with Gasteiger partial charge in [0.25, 0.3) is 0 Å². The quantitative estimate of drug-likeness (QED) is 0.842. The van der Waals surface area contributed by atoms with E-state index in [1.807, 2.05) is 18.2 Å². The van der Waals surface area contributed by atoms with E-state index >= 15 is 0 Å². The summed E-state index contributed by atoms with van der Waals surface area (Å²) in [4.78, 5) is 12.5. The average Bonchev–Trinajstić information content (AvgIpc) is 3.27. The Balaban J connectivity index is 1.47. The molecule has 5 atom stereocenters. The lowest BCUT2D eigenvalue weighted by molar-refractivity contribution is -0.0471. The van der Waals surface area contributed by atoms with Gasteiger partial charge in [-0.3, -0.25) is 5.32 Å². The number of hydrogen-bond acceptors (Lipinski definition) is 5. The summed E-state index contributed by atoms with van der Waals surface area (Å²) in [7, 11) is 0. The van der Waals surface area contributed by atoms with Crippen molar-refractivity contribution in [2.24, 2.45) is 10.8 Å². The van der Waals surface area contributed by atoms with Gasteiger partial charge in [0.15, 0.2) is 0 Å². The molecule has 0 bridgehead atoms. The van der Waals surface area contributed by atoms with E-state index in [9.17, 15) is 4.79 Å². The molecule has 1 aromatic carbocycles. The summed E-state index contributed by atoms with van der Waals surface area (Å²) in [6.45, 7) is 2.17. The SMILES string of the molecule is O=C(OC1CNC2OCC34CCOC3CCC124)c1ccccc1. The van der Waals surface area contributed by atoms with Crippen LogP contribution in [0.3, 0.4) is 0 Å². The van der Waals surface area contributed by atoms with E-state index in [1.165, 1.54) is 0 Å². The normalized spacial score (nSPS) is 43.9. The van der Waals surface area contributed by atoms with Crippen LogP contribution in [-0.2, 0) is 14.2 Å². The van der Waals surface area contributed by atoms with Crippen molar-refractivity contribution in [3.05, 3.63) is 35.9 Å². The molecule has 5 unspecified atom stereocenters. The van der Waals surface area contributed by atoms with Crippen molar-refractivity contribution in [1.82, 2.24) is 5.32 Å². The van der Waals surface area contributed by atoms with Crippen molar-refractivity contribution in [1.29, 1.82) is 0 Å². The summed E-state index contributed by atoms with van der Waals surface area (Å²) < 4.78 is 18.0. The third kappa shape index (κ3) is 1.65. The summed E-state index contributed by atoms with van der Waals surface area (Å²) in [6, 6.07) is 9.23. The van der Waals surface area contributed by atoms with Crippen LogP contribution in [0.2, 0.25) is 0 Å². The second-order valence-electron chi connectivity index (χ2n) is 7.20. The smallest absolute Gasteiger partial charge is 0.338 e. The minimum atomic E-state index is -0.239. The molecule has 1 N–H and O–H groups in total. The Kier molecular flexibility index (Phi) is 2.90. The molecule has 0 radical (unpaired) electrons. The van der Waals surface area contributed by atoms with Crippen LogP contribution in [-0.4, -0.2) is 44.2 Å². The molecule has 2 spiro atoms. The molecule has 1 aliphatic carbocycles. The predicted molar refractivity (Wildman–Crippen MR) is 81.8 cm³/mol. The number of benzene rings is 1. The number of ether oxygens (including phenoxy) is 3. The third-order valence-corrected chi connectivity index (χ3v) is 6.53. The molecule has 3 saturated heterocycles. The number of hydrogen-bond donors (Lipinski definition) is 1. The van der Waals surface area contributed by atoms with Crippen LogP contribution in [0.4, 0.5) is 0 Å². The van der Waals surface area contributed by atoms with Crippen LogP contribution in [0.25, 0.3) is 0 Å². The zero-order valence-electron chi connectivity index (χ0n) is 13.0. The minimum Gasteiger partial charge on any atom is -0.457 e. The zero-order chi connectivity index (χ0) is 15.5. The number of esters is 1. The van der Waals surface area contributed by atoms with Crippen LogP contribution in [0.1, 0.15) is 29.6 Å². The van der Waals surface area contributed by atoms with E-state index in [4.69, 9.17) is 14.2 Å². The van der Waals surface area contributed by atoms with Gasteiger partial charge in [-0.2, -0.15) is 0 Å². The fraction of sp³-hybridized carbons (Fsp3) is 0.611. The molecule has 122 valence electrons. The van der Waals surface area contributed by atoms with Crippen LogP contribution in [0, 0.1) is 10.8 Å². The van der Waals surface area contributed by atoms with E-state index in [-0.39, 0.29) is 35.2 Å². The Hall–Kier alpha value is -1.43. The molecule has 0 aromatic heterocycles. The highest BCUT2D eigenvalue weighted by atomic mass is 16.6. The summed E-state index contributed by atoms with van der Waals surface area (Å²) in [5.41, 5.74) is 0.499. The molecule has 5 rings (SSSR count). The van der Waals surface area contributed by atoms with E-state index in [2.05, 4.69) is 5.32 Å². The third-order valence-electron chi connectivity index (χ3n) is 6.53. The molecular formula is C18H21NO4. The van der Waals surface area contributed by atoms with Gasteiger partial charge in [0.05, 0.1) is 23.7 Å². The molecule has 5 heteroatoms. The Morgan fingerprint density at radius 3 is 2.96 bits per heavy atom. The number of carbonyl (C=O) groups is 1. The summed E-state index contributed by atoms with van der Waals surface area (Å²) in [5, 5.41) is 3.44. The first-order valence-corrected chi connectivity index (χ1v) is 8.49. The second kappa shape index (κ2) is 4.79. The predicted octanol–water partition coefficient (Wildman–Crippen LogP) is 1.73. The van der Waals surface area contributed by atoms with E-state index in [0.29, 0.717) is 18.7 Å². The Morgan fingerprint density at radius 2 is 2.09 bits per heavy atom. The molecule has 1 saturated carbocycles. The summed E-state index contributed by atoms with van der Waals surface area (Å²) in [5.74, 6) is -0.239. The first-order valence-electron chi connectivity index (χ1n) is 8.49. The lowest BCUT2D eigenvalue weighted by Gasteiger charge is -2.40. The van der Waals surface area contributed by atoms with Gasteiger partial charge in [0.2, 0.25) is 0 Å². The Bertz CT molecular complexity index is 635. The van der Waals surface area contributed by atoms with Crippen LogP contribution in [0.15, 0.2) is 30.3 Å². The standard InChI is InChI=1S/C18H21NO4/c20-15(12-4-2-1-3-5-12)23-14-10-19-16-18(14)7-6-13-17(18,11-22-16)8-9-21-13/h1-5,13-14,16,19H,6-11H2. The number of nitrogens with one attached hydrogen (secondary N) is 1. The van der Waals surface area contributed by atoms with Crippen molar-refractivity contribution in [2.75, 3.05) is 19.8 Å². The number of rotatable bonds is 2. The summed E-state index contributed by atoms with van der Waals surface area (Å²) >= 11 is 0. The highest BCUT2D eigenvalue weighted by molar-refractivity contribution is 5.89. The molecule has 4 aliphatic rings. The summed E-state index contributed by atoms with van der Waals surface area (Å²) in [6.07, 6.45) is 3.15. The largest absolute Gasteiger partial charge is 0.457 e. The fourth-order valence-electron chi connectivity index (χ4n) is 5.49. The topological polar surface area (TPSA) is 56.8 Å². The van der Waals surface area contributed by atoms with Gasteiger partial charge in [0, 0.05) is 18.6 Å². The van der Waals surface area contributed by atoms with Gasteiger partial charge in [-0.25, -0.2) is 4.79 Å². The van der Waals surface area contributed by atoms with E-state index < -0.39 is 0 Å². The Morgan fingerprint density at radius 1 is 1.22 bits per heavy atom. The lowest BCUT2D eigenvalue weighted by atomic mass is 9.63. The fourth-order valence-corrected chi connectivity index (χ4v) is 5.49. The van der Waals surface area contributed by atoms with Crippen molar-refractivity contribution in [3.8, 4) is 0 Å². The van der Waals surface area contributed by atoms with Crippen LogP contribution >= 0.6 is 0 Å². The van der Waals surface area contributed by atoms with Gasteiger partial charge in [-0.05, 0) is 31.4 Å². The molecule has 23 heavy (non-hydrogen) atoms. The maximum absolute atomic E-state index is 12.5. The minimum absolute atomic E-state index is 0.0113. The van der Waals surface area contributed by atoms with Crippen molar-refractivity contribution >= 4 is 5.97 Å². The van der Waals surface area contributed by atoms with E-state index in [0.717, 1.165) is 25.9 Å². The average molecular weight is 315 g/mol. The van der Waals surface area contributed by atoms with Crippen LogP contribution in [0.5, 0.6) is 0 Å². The first-order chi connectivity index (χ1) is 11.3. The van der Waals surface area contributed by atoms with Crippen molar-refractivity contribution in [3.63, 3.8) is 0 Å². The van der Waals surface area contributed by atoms with Crippen molar-refractivity contribution < 1.29 is 19.0 Å². The molecule has 3 aliphatic heterocycles. The van der Waals surface area contributed by atoms with Crippen LogP contribution < -0.4 is 5.32 Å². The van der Waals surface area contributed by atoms with Gasteiger partial charge < -0.3 is 14.2 Å². The van der Waals surface area contributed by atoms with Crippen molar-refractivity contribution in [2.45, 2.75) is 37.7 Å². The molecule has 1 aromatic rings. The molecular weight excluding hydrogens is 294 g/mol. The Labute approximate surface area is 135 Å². The van der Waals surface area contributed by atoms with E-state index in [1.54, 1.807) is 12.1 Å². The molecule has 4 fully saturated rings. The zero-order valence-corrected chi connectivity index (χ0v) is 13.0. The second-order valence-corrected chi connectivity index (χ2v) is 7.20. The molecule has 0 amide bonds. The first kappa shape index (κ1) is 14.0. The lowest BCUT2D eigenvalue weighted by Crippen LogP contribution is -2.50. The molecule has 5 nitrogen and oxygen atoms in total. The highest BCUT2D eigenvalue weighted by Gasteiger charge is 2.75. The highest BCUT2D eigenvalue weighted by Crippen LogP contribution is 2.67.